The van der Waals surface area contributed by atoms with Crippen molar-refractivity contribution in [2.75, 3.05) is 19.4 Å². The number of hydrogen-bond donors (Lipinski definition) is 1. The molecule has 0 saturated carbocycles. The highest BCUT2D eigenvalue weighted by Gasteiger charge is 2.07. The van der Waals surface area contributed by atoms with E-state index in [9.17, 15) is 0 Å². The van der Waals surface area contributed by atoms with Gasteiger partial charge in [0.2, 0.25) is 0 Å². The zero-order valence-electron chi connectivity index (χ0n) is 11.2. The van der Waals surface area contributed by atoms with Crippen molar-refractivity contribution in [2.45, 2.75) is 19.5 Å². The van der Waals surface area contributed by atoms with Crippen LogP contribution in [0.1, 0.15) is 24.3 Å². The van der Waals surface area contributed by atoms with Gasteiger partial charge >= 0.3 is 0 Å². The third kappa shape index (κ3) is 3.37. The Balaban J connectivity index is 2.05. The van der Waals surface area contributed by atoms with Gasteiger partial charge < -0.3 is 14.6 Å². The number of nitrogens with zero attached hydrogens (tertiary/aromatic N) is 1. The molecule has 1 aromatic carbocycles. The number of rotatable bonds is 5. The van der Waals surface area contributed by atoms with Crippen LogP contribution in [0.15, 0.2) is 47.1 Å². The molecule has 2 rings (SSSR count). The second kappa shape index (κ2) is 5.74. The van der Waals surface area contributed by atoms with E-state index < -0.39 is 0 Å². The highest BCUT2D eigenvalue weighted by atomic mass is 16.3. The first kappa shape index (κ1) is 12.7. The number of hydrogen-bond acceptors (Lipinski definition) is 3. The molecule has 3 heteroatoms. The fourth-order valence-corrected chi connectivity index (χ4v) is 1.98. The molecule has 1 unspecified atom stereocenters. The fourth-order valence-electron chi connectivity index (χ4n) is 1.98. The smallest absolute Gasteiger partial charge is 0.125 e. The topological polar surface area (TPSA) is 28.4 Å². The van der Waals surface area contributed by atoms with Crippen molar-refractivity contribution in [1.29, 1.82) is 0 Å². The molecule has 1 N–H and O–H groups in total. The first-order valence-corrected chi connectivity index (χ1v) is 6.19. The Bertz CT molecular complexity index is 477. The second-order valence-corrected chi connectivity index (χ2v) is 4.82. The van der Waals surface area contributed by atoms with E-state index in [-0.39, 0.29) is 6.04 Å². The summed E-state index contributed by atoms with van der Waals surface area (Å²) in [5, 5.41) is 3.45. The summed E-state index contributed by atoms with van der Waals surface area (Å²) in [7, 11) is 4.15. The molecule has 0 aliphatic heterocycles. The van der Waals surface area contributed by atoms with Crippen LogP contribution >= 0.6 is 0 Å². The van der Waals surface area contributed by atoms with Crippen molar-refractivity contribution in [3.8, 4) is 0 Å². The Morgan fingerprint density at radius 1 is 1.22 bits per heavy atom. The summed E-state index contributed by atoms with van der Waals surface area (Å²) in [6, 6.07) is 12.6. The van der Waals surface area contributed by atoms with Gasteiger partial charge in [-0.15, -0.1) is 0 Å². The van der Waals surface area contributed by atoms with Gasteiger partial charge in [-0.1, -0.05) is 12.1 Å². The Morgan fingerprint density at radius 3 is 2.72 bits per heavy atom. The van der Waals surface area contributed by atoms with Gasteiger partial charge in [-0.2, -0.15) is 0 Å². The molecule has 18 heavy (non-hydrogen) atoms. The minimum Gasteiger partial charge on any atom is -0.467 e. The van der Waals surface area contributed by atoms with E-state index in [1.807, 2.05) is 12.1 Å². The highest BCUT2D eigenvalue weighted by molar-refractivity contribution is 5.47. The van der Waals surface area contributed by atoms with E-state index in [0.29, 0.717) is 0 Å². The molecular weight excluding hydrogens is 224 g/mol. The van der Waals surface area contributed by atoms with Gasteiger partial charge in [0, 0.05) is 12.2 Å². The van der Waals surface area contributed by atoms with Crippen LogP contribution in [0.3, 0.4) is 0 Å². The lowest BCUT2D eigenvalue weighted by Crippen LogP contribution is -2.11. The first-order chi connectivity index (χ1) is 8.65. The third-order valence-electron chi connectivity index (χ3n) is 2.78. The van der Waals surface area contributed by atoms with E-state index >= 15 is 0 Å². The van der Waals surface area contributed by atoms with Crippen molar-refractivity contribution in [3.63, 3.8) is 0 Å². The predicted molar refractivity (Wildman–Crippen MR) is 74.6 cm³/mol. The molecule has 2 aromatic rings. The zero-order valence-corrected chi connectivity index (χ0v) is 11.2. The molecule has 96 valence electrons. The molecule has 0 saturated heterocycles. The summed E-state index contributed by atoms with van der Waals surface area (Å²) in [4.78, 5) is 2.16. The predicted octanol–water partition coefficient (Wildman–Crippen LogP) is 3.51. The second-order valence-electron chi connectivity index (χ2n) is 4.82. The molecule has 0 aliphatic rings. The van der Waals surface area contributed by atoms with E-state index in [1.54, 1.807) is 6.26 Å². The fraction of sp³-hybridized carbons (Fsp3) is 0.333. The van der Waals surface area contributed by atoms with Gasteiger partial charge in [0.1, 0.15) is 5.76 Å². The van der Waals surface area contributed by atoms with Crippen LogP contribution in [-0.2, 0) is 6.54 Å². The summed E-state index contributed by atoms with van der Waals surface area (Å²) in [6.07, 6.45) is 1.70. The van der Waals surface area contributed by atoms with E-state index in [1.165, 1.54) is 5.56 Å². The van der Waals surface area contributed by atoms with Gasteiger partial charge in [0.05, 0.1) is 12.3 Å². The molecule has 1 aromatic heterocycles. The molecule has 3 nitrogen and oxygen atoms in total. The number of nitrogens with one attached hydrogen (secondary N) is 1. The third-order valence-corrected chi connectivity index (χ3v) is 2.78. The van der Waals surface area contributed by atoms with E-state index in [4.69, 9.17) is 4.42 Å². The number of furan rings is 1. The van der Waals surface area contributed by atoms with Gasteiger partial charge in [-0.3, -0.25) is 0 Å². The maximum absolute atomic E-state index is 5.39. The quantitative estimate of drug-likeness (QED) is 0.872. The number of anilines is 1. The van der Waals surface area contributed by atoms with Crippen LogP contribution in [-0.4, -0.2) is 19.0 Å². The normalized spacial score (nSPS) is 12.7. The van der Waals surface area contributed by atoms with Crippen molar-refractivity contribution in [3.05, 3.63) is 54.0 Å². The lowest BCUT2D eigenvalue weighted by molar-refractivity contribution is 0.402. The average Bonchev–Trinajstić information content (AvgIpc) is 2.81. The van der Waals surface area contributed by atoms with Crippen LogP contribution in [0, 0.1) is 0 Å². The van der Waals surface area contributed by atoms with Crippen LogP contribution in [0.4, 0.5) is 5.69 Å². The van der Waals surface area contributed by atoms with Gasteiger partial charge in [-0.05, 0) is 50.8 Å². The Kier molecular flexibility index (Phi) is 4.05. The summed E-state index contributed by atoms with van der Waals surface area (Å²) in [5.41, 5.74) is 2.43. The largest absolute Gasteiger partial charge is 0.467 e. The molecule has 1 atom stereocenters. The van der Waals surface area contributed by atoms with Crippen LogP contribution < -0.4 is 5.32 Å². The highest BCUT2D eigenvalue weighted by Crippen LogP contribution is 2.20. The summed E-state index contributed by atoms with van der Waals surface area (Å²) in [6.45, 7) is 3.04. The van der Waals surface area contributed by atoms with E-state index in [0.717, 1.165) is 18.0 Å². The summed E-state index contributed by atoms with van der Waals surface area (Å²) < 4.78 is 5.39. The first-order valence-electron chi connectivity index (χ1n) is 6.19. The Hall–Kier alpha value is -1.74. The maximum atomic E-state index is 5.39. The van der Waals surface area contributed by atoms with Gasteiger partial charge in [0.25, 0.3) is 0 Å². The summed E-state index contributed by atoms with van der Waals surface area (Å²) >= 11 is 0. The molecule has 0 bridgehead atoms. The summed E-state index contributed by atoms with van der Waals surface area (Å²) in [5.74, 6) is 0.952. The minimum absolute atomic E-state index is 0.176. The van der Waals surface area contributed by atoms with E-state index in [2.05, 4.69) is 55.5 Å². The molecule has 0 fully saturated rings. The molecule has 0 aliphatic carbocycles. The van der Waals surface area contributed by atoms with Crippen LogP contribution in [0.2, 0.25) is 0 Å². The zero-order chi connectivity index (χ0) is 13.0. The molecule has 1 heterocycles. The minimum atomic E-state index is 0.176. The van der Waals surface area contributed by atoms with Crippen LogP contribution in [0.25, 0.3) is 0 Å². The van der Waals surface area contributed by atoms with Crippen molar-refractivity contribution in [1.82, 2.24) is 4.90 Å². The standard InChI is InChI=1S/C15H20N2O/c1-12(15-8-5-9-18-15)16-14-7-4-6-13(10-14)11-17(2)3/h4-10,12,16H,11H2,1-3H3. The van der Waals surface area contributed by atoms with Crippen molar-refractivity contribution < 1.29 is 4.42 Å². The van der Waals surface area contributed by atoms with Gasteiger partial charge in [-0.25, -0.2) is 0 Å². The maximum Gasteiger partial charge on any atom is 0.125 e. The van der Waals surface area contributed by atoms with Crippen molar-refractivity contribution >= 4 is 5.69 Å². The molecular formula is C15H20N2O. The Labute approximate surface area is 108 Å². The monoisotopic (exact) mass is 244 g/mol. The van der Waals surface area contributed by atoms with Crippen LogP contribution in [0.5, 0.6) is 0 Å². The molecule has 0 spiro atoms. The molecule has 0 amide bonds. The van der Waals surface area contributed by atoms with Gasteiger partial charge in [0.15, 0.2) is 0 Å². The average molecular weight is 244 g/mol. The Morgan fingerprint density at radius 2 is 2.06 bits per heavy atom. The lowest BCUT2D eigenvalue weighted by Gasteiger charge is -2.15. The lowest BCUT2D eigenvalue weighted by atomic mass is 10.1. The number of benzene rings is 1. The van der Waals surface area contributed by atoms with Crippen molar-refractivity contribution in [2.24, 2.45) is 0 Å². The SMILES string of the molecule is CC(Nc1cccc(CN(C)C)c1)c1ccco1. The molecule has 0 radical (unpaired) electrons.